The molecule has 0 spiro atoms. The maximum atomic E-state index is 2.47. The van der Waals surface area contributed by atoms with E-state index in [-0.39, 0.29) is 5.41 Å². The Hall–Kier alpha value is -3.98. The van der Waals surface area contributed by atoms with E-state index in [1.165, 1.54) is 78.9 Å². The molecule has 0 N–H and O–H groups in total. The second-order valence-corrected chi connectivity index (χ2v) is 14.0. The summed E-state index contributed by atoms with van der Waals surface area (Å²) in [6.45, 7) is 6.94. The smallest absolute Gasteiger partial charge is 0.0367 e. The van der Waals surface area contributed by atoms with Gasteiger partial charge in [0.25, 0.3) is 0 Å². The van der Waals surface area contributed by atoms with Gasteiger partial charge < -0.3 is 0 Å². The van der Waals surface area contributed by atoms with Crippen LogP contribution in [0.4, 0.5) is 0 Å². The fourth-order valence-electron chi connectivity index (χ4n) is 6.12. The van der Waals surface area contributed by atoms with Gasteiger partial charge in [-0.25, -0.2) is 0 Å². The highest BCUT2D eigenvalue weighted by Gasteiger charge is 2.22. The Morgan fingerprint density at radius 1 is 0.425 bits per heavy atom. The Morgan fingerprint density at radius 2 is 0.875 bits per heavy atom. The summed E-state index contributed by atoms with van der Waals surface area (Å²) < 4.78 is 2.67. The molecule has 0 amide bonds. The van der Waals surface area contributed by atoms with Crippen molar-refractivity contribution in [3.63, 3.8) is 0 Å². The number of fused-ring (bicyclic) bond motifs is 5. The molecule has 2 heterocycles. The van der Waals surface area contributed by atoms with Crippen LogP contribution in [-0.4, -0.2) is 0 Å². The highest BCUT2D eigenvalue weighted by atomic mass is 32.1. The van der Waals surface area contributed by atoms with Crippen molar-refractivity contribution in [1.82, 2.24) is 0 Å². The van der Waals surface area contributed by atoms with Crippen molar-refractivity contribution in [2.75, 3.05) is 0 Å². The minimum atomic E-state index is 0.0573. The molecule has 0 saturated carbocycles. The third-order valence-corrected chi connectivity index (χ3v) is 10.5. The van der Waals surface area contributed by atoms with Gasteiger partial charge in [0.05, 0.1) is 0 Å². The molecule has 0 atom stereocenters. The Bertz CT molecular complexity index is 2190. The van der Waals surface area contributed by atoms with E-state index < -0.39 is 0 Å². The molecule has 2 heteroatoms. The Kier molecular flexibility index (Phi) is 5.23. The van der Waals surface area contributed by atoms with Gasteiger partial charge in [-0.3, -0.25) is 0 Å². The molecule has 0 fully saturated rings. The Morgan fingerprint density at radius 3 is 1.38 bits per heavy atom. The van der Waals surface area contributed by atoms with Gasteiger partial charge in [-0.05, 0) is 96.5 Å². The molecule has 192 valence electrons. The van der Waals surface area contributed by atoms with Crippen LogP contribution in [0.5, 0.6) is 0 Å². The molecule has 2 aromatic heterocycles. The lowest BCUT2D eigenvalue weighted by molar-refractivity contribution is 0.591. The molecular weight excluding hydrogens is 521 g/mol. The van der Waals surface area contributed by atoms with Crippen molar-refractivity contribution in [2.24, 2.45) is 0 Å². The molecule has 40 heavy (non-hydrogen) atoms. The lowest BCUT2D eigenvalue weighted by Crippen LogP contribution is -2.10. The summed E-state index contributed by atoms with van der Waals surface area (Å²) in [7, 11) is 0. The standard InChI is InChI=1S/C38H28S2/c1-38(2,3)27-16-17-28-31(22-27)37(35-21-26-13-7-9-15-33(26)40-35)30-19-24-11-5-4-10-23(24)18-29(30)36(28)34-20-25-12-6-8-14-32(25)39-34/h4-22H,1-3H3. The van der Waals surface area contributed by atoms with E-state index in [1.54, 1.807) is 0 Å². The van der Waals surface area contributed by atoms with Gasteiger partial charge in [-0.1, -0.05) is 93.6 Å². The molecule has 0 aliphatic rings. The first-order valence-corrected chi connectivity index (χ1v) is 15.5. The van der Waals surface area contributed by atoms with Crippen LogP contribution in [-0.2, 0) is 5.41 Å². The van der Waals surface area contributed by atoms with Crippen LogP contribution < -0.4 is 0 Å². The van der Waals surface area contributed by atoms with E-state index in [2.05, 4.69) is 136 Å². The van der Waals surface area contributed by atoms with E-state index in [4.69, 9.17) is 0 Å². The quantitative estimate of drug-likeness (QED) is 0.188. The van der Waals surface area contributed by atoms with Crippen LogP contribution in [0.25, 0.3) is 73.4 Å². The summed E-state index contributed by atoms with van der Waals surface area (Å²) in [5.74, 6) is 0. The molecule has 0 aliphatic carbocycles. The molecule has 8 rings (SSSR count). The zero-order valence-corrected chi connectivity index (χ0v) is 24.4. The summed E-state index contributed by atoms with van der Waals surface area (Å²) in [6, 6.07) is 43.2. The van der Waals surface area contributed by atoms with Gasteiger partial charge in [0.1, 0.15) is 0 Å². The van der Waals surface area contributed by atoms with Crippen LogP contribution in [0, 0.1) is 0 Å². The maximum Gasteiger partial charge on any atom is 0.0367 e. The van der Waals surface area contributed by atoms with Gasteiger partial charge in [0.15, 0.2) is 0 Å². The van der Waals surface area contributed by atoms with Crippen LogP contribution in [0.3, 0.4) is 0 Å². The van der Waals surface area contributed by atoms with E-state index >= 15 is 0 Å². The summed E-state index contributed by atoms with van der Waals surface area (Å²) >= 11 is 3.81. The highest BCUT2D eigenvalue weighted by molar-refractivity contribution is 7.23. The number of rotatable bonds is 2. The summed E-state index contributed by atoms with van der Waals surface area (Å²) in [4.78, 5) is 2.67. The first-order chi connectivity index (χ1) is 19.4. The Labute approximate surface area is 242 Å². The first kappa shape index (κ1) is 23.9. The minimum absolute atomic E-state index is 0.0573. The molecule has 0 unspecified atom stereocenters. The van der Waals surface area contributed by atoms with Crippen molar-refractivity contribution >= 4 is 75.2 Å². The van der Waals surface area contributed by atoms with Gasteiger partial charge in [0.2, 0.25) is 0 Å². The van der Waals surface area contributed by atoms with Crippen molar-refractivity contribution in [1.29, 1.82) is 0 Å². The fourth-order valence-corrected chi connectivity index (χ4v) is 8.39. The lowest BCUT2D eigenvalue weighted by atomic mass is 9.82. The topological polar surface area (TPSA) is 0 Å². The molecule has 0 radical (unpaired) electrons. The second kappa shape index (κ2) is 8.76. The number of hydrogen-bond acceptors (Lipinski definition) is 2. The highest BCUT2D eigenvalue weighted by Crippen LogP contribution is 2.49. The second-order valence-electron chi connectivity index (χ2n) is 11.8. The zero-order valence-electron chi connectivity index (χ0n) is 22.8. The monoisotopic (exact) mass is 548 g/mol. The molecule has 0 saturated heterocycles. The fraction of sp³-hybridized carbons (Fsp3) is 0.105. The third-order valence-electron chi connectivity index (χ3n) is 8.19. The first-order valence-electron chi connectivity index (χ1n) is 13.8. The molecular formula is C38H28S2. The van der Waals surface area contributed by atoms with E-state index in [9.17, 15) is 0 Å². The SMILES string of the molecule is CC(C)(C)c1ccc2c(-c3cc4ccccc4s3)c3cc4ccccc4cc3c(-c3cc4ccccc4s3)c2c1. The van der Waals surface area contributed by atoms with Crippen LogP contribution >= 0.6 is 22.7 Å². The molecule has 0 nitrogen and oxygen atoms in total. The third kappa shape index (κ3) is 3.71. The van der Waals surface area contributed by atoms with Crippen LogP contribution in [0.15, 0.2) is 115 Å². The molecule has 6 aromatic carbocycles. The molecule has 8 aromatic rings. The predicted molar refractivity (Wildman–Crippen MR) is 179 cm³/mol. The number of benzene rings is 6. The summed E-state index contributed by atoms with van der Waals surface area (Å²) in [5, 5.41) is 10.5. The predicted octanol–water partition coefficient (Wildman–Crippen LogP) is 12.2. The average molecular weight is 549 g/mol. The molecule has 0 bridgehead atoms. The van der Waals surface area contributed by atoms with Crippen molar-refractivity contribution in [3.05, 3.63) is 121 Å². The minimum Gasteiger partial charge on any atom is -0.135 e. The van der Waals surface area contributed by atoms with E-state index in [0.29, 0.717) is 0 Å². The lowest BCUT2D eigenvalue weighted by Gasteiger charge is -2.22. The van der Waals surface area contributed by atoms with Crippen molar-refractivity contribution in [3.8, 4) is 20.9 Å². The normalized spacial score (nSPS) is 12.4. The Balaban J connectivity index is 1.60. The van der Waals surface area contributed by atoms with Gasteiger partial charge in [0, 0.05) is 30.3 Å². The van der Waals surface area contributed by atoms with Gasteiger partial charge in [-0.15, -0.1) is 22.7 Å². The zero-order chi connectivity index (χ0) is 27.0. The van der Waals surface area contributed by atoms with Crippen LogP contribution in [0.2, 0.25) is 0 Å². The number of thiophene rings is 2. The van der Waals surface area contributed by atoms with Crippen LogP contribution in [0.1, 0.15) is 26.3 Å². The average Bonchev–Trinajstić information content (AvgIpc) is 3.58. The molecule has 0 aliphatic heterocycles. The van der Waals surface area contributed by atoms with Gasteiger partial charge in [-0.2, -0.15) is 0 Å². The van der Waals surface area contributed by atoms with E-state index in [0.717, 1.165) is 0 Å². The van der Waals surface area contributed by atoms with Crippen molar-refractivity contribution < 1.29 is 0 Å². The van der Waals surface area contributed by atoms with Crippen molar-refractivity contribution in [2.45, 2.75) is 26.2 Å². The van der Waals surface area contributed by atoms with E-state index in [1.807, 2.05) is 22.7 Å². The largest absolute Gasteiger partial charge is 0.135 e. The summed E-state index contributed by atoms with van der Waals surface area (Å²) in [6.07, 6.45) is 0. The summed E-state index contributed by atoms with van der Waals surface area (Å²) in [5.41, 5.74) is 4.13. The maximum absolute atomic E-state index is 2.47. The number of hydrogen-bond donors (Lipinski definition) is 0. The van der Waals surface area contributed by atoms with Gasteiger partial charge >= 0.3 is 0 Å².